The molecule has 0 bridgehead atoms. The normalized spacial score (nSPS) is 16.5. The van der Waals surface area contributed by atoms with Crippen molar-refractivity contribution in [1.82, 2.24) is 0 Å². The molecule has 0 heterocycles. The molecule has 98 valence electrons. The van der Waals surface area contributed by atoms with E-state index in [9.17, 15) is 9.18 Å². The van der Waals surface area contributed by atoms with Crippen molar-refractivity contribution in [2.75, 3.05) is 6.61 Å². The predicted octanol–water partition coefficient (Wildman–Crippen LogP) is 3.74. The van der Waals surface area contributed by atoms with E-state index in [0.29, 0.717) is 24.6 Å². The van der Waals surface area contributed by atoms with Crippen molar-refractivity contribution in [2.24, 2.45) is 5.92 Å². The fraction of sp³-hybridized carbons (Fsp3) is 0.533. The number of hydrogen-bond acceptors (Lipinski definition) is 2. The van der Waals surface area contributed by atoms with Crippen LogP contribution in [0.4, 0.5) is 4.39 Å². The lowest BCUT2D eigenvalue weighted by atomic mass is 9.85. The Labute approximate surface area is 107 Å². The Balaban J connectivity index is 1.73. The van der Waals surface area contributed by atoms with Gasteiger partial charge in [-0.3, -0.25) is 4.79 Å². The van der Waals surface area contributed by atoms with E-state index < -0.39 is 0 Å². The van der Waals surface area contributed by atoms with E-state index in [0.717, 1.165) is 12.8 Å². The van der Waals surface area contributed by atoms with E-state index in [1.54, 1.807) is 12.1 Å². The highest BCUT2D eigenvalue weighted by Crippen LogP contribution is 2.25. The number of carbonyl (C=O) groups is 1. The number of hydrogen-bond donors (Lipinski definition) is 0. The van der Waals surface area contributed by atoms with Crippen LogP contribution in [0, 0.1) is 11.7 Å². The third kappa shape index (κ3) is 3.83. The van der Waals surface area contributed by atoms with Gasteiger partial charge in [-0.1, -0.05) is 25.3 Å². The van der Waals surface area contributed by atoms with Crippen molar-refractivity contribution >= 4 is 5.78 Å². The Morgan fingerprint density at radius 1 is 1.28 bits per heavy atom. The van der Waals surface area contributed by atoms with E-state index in [4.69, 9.17) is 4.74 Å². The van der Waals surface area contributed by atoms with Gasteiger partial charge in [0.2, 0.25) is 0 Å². The summed E-state index contributed by atoms with van der Waals surface area (Å²) in [5, 5.41) is 0. The van der Waals surface area contributed by atoms with Crippen LogP contribution in [0.15, 0.2) is 24.3 Å². The molecule has 0 atom stereocenters. The first kappa shape index (κ1) is 13.1. The predicted molar refractivity (Wildman–Crippen MR) is 68.1 cm³/mol. The maximum absolute atomic E-state index is 12.9. The second kappa shape index (κ2) is 6.53. The lowest BCUT2D eigenvalue weighted by Crippen LogP contribution is -2.19. The average molecular weight is 250 g/mol. The zero-order valence-electron chi connectivity index (χ0n) is 10.5. The first-order valence-corrected chi connectivity index (χ1v) is 6.67. The number of Topliss-reactive ketones (excluding diaryl/α,β-unsaturated/α-hetero) is 1. The van der Waals surface area contributed by atoms with Gasteiger partial charge in [0.05, 0.1) is 6.61 Å². The van der Waals surface area contributed by atoms with Crippen molar-refractivity contribution in [1.29, 1.82) is 0 Å². The summed E-state index contributed by atoms with van der Waals surface area (Å²) in [5.41, 5.74) is 0. The molecular formula is C15H19FO2. The molecule has 0 N–H and O–H groups in total. The van der Waals surface area contributed by atoms with E-state index in [1.807, 2.05) is 0 Å². The van der Waals surface area contributed by atoms with Crippen LogP contribution in [-0.4, -0.2) is 12.4 Å². The zero-order chi connectivity index (χ0) is 12.8. The molecule has 1 aromatic carbocycles. The van der Waals surface area contributed by atoms with Gasteiger partial charge in [-0.15, -0.1) is 0 Å². The monoisotopic (exact) mass is 250 g/mol. The van der Waals surface area contributed by atoms with Gasteiger partial charge in [0.15, 0.2) is 0 Å². The minimum Gasteiger partial charge on any atom is -0.493 e. The molecule has 0 amide bonds. The maximum Gasteiger partial charge on any atom is 0.139 e. The number of benzene rings is 1. The third-order valence-electron chi connectivity index (χ3n) is 3.47. The molecule has 18 heavy (non-hydrogen) atoms. The number of halogens is 1. The molecule has 0 aliphatic heterocycles. The largest absolute Gasteiger partial charge is 0.493 e. The van der Waals surface area contributed by atoms with Crippen molar-refractivity contribution in [3.8, 4) is 5.75 Å². The van der Waals surface area contributed by atoms with Crippen LogP contribution in [0.25, 0.3) is 0 Å². The molecule has 1 aromatic rings. The first-order chi connectivity index (χ1) is 8.75. The summed E-state index contributed by atoms with van der Waals surface area (Å²) in [6, 6.07) is 6.02. The Morgan fingerprint density at radius 2 is 2.06 bits per heavy atom. The lowest BCUT2D eigenvalue weighted by Gasteiger charge is -2.20. The zero-order valence-corrected chi connectivity index (χ0v) is 10.5. The SMILES string of the molecule is O=C(CCOc1cccc(F)c1)C1CCCCC1. The molecule has 1 aliphatic carbocycles. The second-order valence-electron chi connectivity index (χ2n) is 4.86. The van der Waals surface area contributed by atoms with Gasteiger partial charge in [-0.05, 0) is 25.0 Å². The minimum absolute atomic E-state index is 0.231. The van der Waals surface area contributed by atoms with Gasteiger partial charge in [0, 0.05) is 18.4 Å². The van der Waals surface area contributed by atoms with Crippen molar-refractivity contribution < 1.29 is 13.9 Å². The smallest absolute Gasteiger partial charge is 0.139 e. The summed E-state index contributed by atoms with van der Waals surface area (Å²) in [4.78, 5) is 11.9. The highest BCUT2D eigenvalue weighted by atomic mass is 19.1. The maximum atomic E-state index is 12.9. The molecule has 0 spiro atoms. The van der Waals surface area contributed by atoms with E-state index in [-0.39, 0.29) is 11.7 Å². The number of ketones is 1. The highest BCUT2D eigenvalue weighted by Gasteiger charge is 2.20. The van der Waals surface area contributed by atoms with Crippen LogP contribution in [-0.2, 0) is 4.79 Å². The molecule has 3 heteroatoms. The number of carbonyl (C=O) groups excluding carboxylic acids is 1. The van der Waals surface area contributed by atoms with Gasteiger partial charge in [-0.25, -0.2) is 4.39 Å². The number of rotatable bonds is 5. The second-order valence-corrected chi connectivity index (χ2v) is 4.86. The Morgan fingerprint density at radius 3 is 2.78 bits per heavy atom. The van der Waals surface area contributed by atoms with Gasteiger partial charge < -0.3 is 4.74 Å². The molecule has 0 saturated heterocycles. The molecule has 2 nitrogen and oxygen atoms in total. The van der Waals surface area contributed by atoms with Crippen molar-refractivity contribution in [3.63, 3.8) is 0 Å². The molecule has 2 rings (SSSR count). The van der Waals surface area contributed by atoms with Crippen LogP contribution < -0.4 is 4.74 Å². The topological polar surface area (TPSA) is 26.3 Å². The van der Waals surface area contributed by atoms with E-state index in [1.165, 1.54) is 31.4 Å². The number of ether oxygens (including phenoxy) is 1. The van der Waals surface area contributed by atoms with Crippen molar-refractivity contribution in [3.05, 3.63) is 30.1 Å². The molecule has 1 saturated carbocycles. The van der Waals surface area contributed by atoms with E-state index >= 15 is 0 Å². The first-order valence-electron chi connectivity index (χ1n) is 6.67. The minimum atomic E-state index is -0.314. The van der Waals surface area contributed by atoms with Crippen LogP contribution in [0.3, 0.4) is 0 Å². The van der Waals surface area contributed by atoms with Gasteiger partial charge in [0.25, 0.3) is 0 Å². The van der Waals surface area contributed by atoms with Crippen LogP contribution in [0.5, 0.6) is 5.75 Å². The van der Waals surface area contributed by atoms with Crippen LogP contribution in [0.1, 0.15) is 38.5 Å². The van der Waals surface area contributed by atoms with E-state index in [2.05, 4.69) is 0 Å². The Bertz CT molecular complexity index is 397. The molecule has 0 radical (unpaired) electrons. The van der Waals surface area contributed by atoms with Crippen LogP contribution >= 0.6 is 0 Å². The summed E-state index contributed by atoms with van der Waals surface area (Å²) in [7, 11) is 0. The summed E-state index contributed by atoms with van der Waals surface area (Å²) in [5.74, 6) is 0.707. The van der Waals surface area contributed by atoms with Crippen LogP contribution in [0.2, 0.25) is 0 Å². The fourth-order valence-electron chi connectivity index (χ4n) is 2.45. The standard InChI is InChI=1S/C15H19FO2/c16-13-7-4-8-14(11-13)18-10-9-15(17)12-5-2-1-3-6-12/h4,7-8,11-12H,1-3,5-6,9-10H2. The fourth-order valence-corrected chi connectivity index (χ4v) is 2.45. The highest BCUT2D eigenvalue weighted by molar-refractivity contribution is 5.81. The average Bonchev–Trinajstić information content (AvgIpc) is 2.40. The lowest BCUT2D eigenvalue weighted by molar-refractivity contribution is -0.124. The molecule has 0 unspecified atom stereocenters. The molecule has 1 aliphatic rings. The molecule has 1 fully saturated rings. The summed E-state index contributed by atoms with van der Waals surface area (Å²) in [6.45, 7) is 0.346. The molecule has 0 aromatic heterocycles. The summed E-state index contributed by atoms with van der Waals surface area (Å²) in [6.07, 6.45) is 6.07. The summed E-state index contributed by atoms with van der Waals surface area (Å²) >= 11 is 0. The van der Waals surface area contributed by atoms with Gasteiger partial charge >= 0.3 is 0 Å². The van der Waals surface area contributed by atoms with Gasteiger partial charge in [0.1, 0.15) is 17.3 Å². The van der Waals surface area contributed by atoms with Gasteiger partial charge in [-0.2, -0.15) is 0 Å². The van der Waals surface area contributed by atoms with Crippen molar-refractivity contribution in [2.45, 2.75) is 38.5 Å². The third-order valence-corrected chi connectivity index (χ3v) is 3.47. The molecular weight excluding hydrogens is 231 g/mol. The summed E-state index contributed by atoms with van der Waals surface area (Å²) < 4.78 is 18.3. The Hall–Kier alpha value is -1.38. The Kier molecular flexibility index (Phi) is 4.73. The quantitative estimate of drug-likeness (QED) is 0.795.